The highest BCUT2D eigenvalue weighted by Crippen LogP contribution is 2.22. The van der Waals surface area contributed by atoms with Gasteiger partial charge in [-0.2, -0.15) is 0 Å². The lowest BCUT2D eigenvalue weighted by molar-refractivity contribution is -0.158. The first-order valence-corrected chi connectivity index (χ1v) is 8.94. The van der Waals surface area contributed by atoms with E-state index in [1.165, 1.54) is 6.42 Å². The second-order valence-electron chi connectivity index (χ2n) is 7.29. The number of imide groups is 1. The van der Waals surface area contributed by atoms with Crippen LogP contribution in [0.4, 0.5) is 4.79 Å². The summed E-state index contributed by atoms with van der Waals surface area (Å²) in [4.78, 5) is 37.4. The molecule has 0 aromatic carbocycles. The summed E-state index contributed by atoms with van der Waals surface area (Å²) in [5.41, 5.74) is -0.585. The molecule has 0 aromatic heterocycles. The third-order valence-electron chi connectivity index (χ3n) is 3.87. The van der Waals surface area contributed by atoms with Gasteiger partial charge < -0.3 is 9.47 Å². The van der Waals surface area contributed by atoms with Gasteiger partial charge >= 0.3 is 12.1 Å². The number of nitrogens with zero attached hydrogens (tertiary/aromatic N) is 1. The maximum Gasteiger partial charge on any atom is 0.416 e. The van der Waals surface area contributed by atoms with Gasteiger partial charge in [0.25, 0.3) is 0 Å². The summed E-state index contributed by atoms with van der Waals surface area (Å²) < 4.78 is 10.2. The maximum absolute atomic E-state index is 12.6. The number of ether oxygens (including phenoxy) is 2. The van der Waals surface area contributed by atoms with Crippen LogP contribution in [0.2, 0.25) is 0 Å². The number of hydrogen-bond donors (Lipinski definition) is 0. The molecule has 0 unspecified atom stereocenters. The number of hydrogen-bond acceptors (Lipinski definition) is 5. The molecule has 0 N–H and O–H groups in total. The van der Waals surface area contributed by atoms with Crippen molar-refractivity contribution in [3.05, 3.63) is 0 Å². The number of carbonyl (C=O) groups is 3. The molecule has 0 spiro atoms. The van der Waals surface area contributed by atoms with Crippen molar-refractivity contribution in [1.82, 2.24) is 4.90 Å². The largest absolute Gasteiger partial charge is 0.460 e. The molecule has 1 aliphatic rings. The Balaban J connectivity index is 2.62. The van der Waals surface area contributed by atoms with Crippen molar-refractivity contribution in [2.45, 2.75) is 78.2 Å². The Morgan fingerprint density at radius 1 is 1.21 bits per heavy atom. The minimum Gasteiger partial charge on any atom is -0.460 e. The van der Waals surface area contributed by atoms with Crippen molar-refractivity contribution >= 4 is 18.0 Å². The third-order valence-corrected chi connectivity index (χ3v) is 3.87. The van der Waals surface area contributed by atoms with Crippen LogP contribution in [0.5, 0.6) is 0 Å². The highest BCUT2D eigenvalue weighted by molar-refractivity contribution is 5.95. The number of cyclic esters (lactones) is 1. The molecule has 6 heteroatoms. The molecule has 0 radical (unpaired) electrons. The van der Waals surface area contributed by atoms with Gasteiger partial charge in [0, 0.05) is 5.92 Å². The molecule has 0 aromatic rings. The van der Waals surface area contributed by atoms with Crippen LogP contribution in [0.3, 0.4) is 0 Å². The van der Waals surface area contributed by atoms with Crippen molar-refractivity contribution in [2.24, 2.45) is 5.92 Å². The molecule has 2 amide bonds. The summed E-state index contributed by atoms with van der Waals surface area (Å²) >= 11 is 0. The fourth-order valence-electron chi connectivity index (χ4n) is 2.71. The Kier molecular flexibility index (Phi) is 8.22. The molecular formula is C18H31NO5. The number of esters is 1. The molecule has 1 aliphatic heterocycles. The monoisotopic (exact) mass is 341 g/mol. The molecule has 0 aliphatic carbocycles. The smallest absolute Gasteiger partial charge is 0.416 e. The van der Waals surface area contributed by atoms with Crippen molar-refractivity contribution in [3.8, 4) is 0 Å². The molecule has 1 rings (SSSR count). The molecule has 1 heterocycles. The summed E-state index contributed by atoms with van der Waals surface area (Å²) in [5, 5.41) is 0. The summed E-state index contributed by atoms with van der Waals surface area (Å²) in [6.45, 7) is 8.02. The lowest BCUT2D eigenvalue weighted by atomic mass is 9.95. The second-order valence-corrected chi connectivity index (χ2v) is 7.29. The molecule has 24 heavy (non-hydrogen) atoms. The zero-order chi connectivity index (χ0) is 18.2. The van der Waals surface area contributed by atoms with Crippen LogP contribution in [0.15, 0.2) is 0 Å². The van der Waals surface area contributed by atoms with Crippen LogP contribution in [0.1, 0.15) is 72.6 Å². The number of carbonyl (C=O) groups excluding carboxylic acids is 3. The first-order valence-electron chi connectivity index (χ1n) is 8.94. The molecule has 6 nitrogen and oxygen atoms in total. The zero-order valence-electron chi connectivity index (χ0n) is 15.4. The van der Waals surface area contributed by atoms with Crippen LogP contribution >= 0.6 is 0 Å². The van der Waals surface area contributed by atoms with E-state index in [2.05, 4.69) is 6.92 Å². The van der Waals surface area contributed by atoms with Gasteiger partial charge in [-0.1, -0.05) is 39.0 Å². The maximum atomic E-state index is 12.6. The van der Waals surface area contributed by atoms with E-state index in [0.717, 1.165) is 30.6 Å². The van der Waals surface area contributed by atoms with Crippen molar-refractivity contribution in [3.63, 3.8) is 0 Å². The standard InChI is InChI=1S/C18H31NO5/c1-5-6-7-8-9-10-14(13-15(20)24-18(2,3)4)16(21)19-11-12-23-17(19)22/h14H,5-13H2,1-4H3/t14-/m1/s1. The van der Waals surface area contributed by atoms with Crippen LogP contribution in [-0.2, 0) is 19.1 Å². The molecule has 1 saturated heterocycles. The van der Waals surface area contributed by atoms with E-state index >= 15 is 0 Å². The van der Waals surface area contributed by atoms with Gasteiger partial charge in [0.05, 0.1) is 13.0 Å². The Morgan fingerprint density at radius 3 is 2.42 bits per heavy atom. The SMILES string of the molecule is CCCCCCC[C@H](CC(=O)OC(C)(C)C)C(=O)N1CCOC1=O. The summed E-state index contributed by atoms with van der Waals surface area (Å²) in [6, 6.07) is 0. The lowest BCUT2D eigenvalue weighted by Gasteiger charge is -2.23. The van der Waals surface area contributed by atoms with E-state index in [1.54, 1.807) is 20.8 Å². The van der Waals surface area contributed by atoms with E-state index in [1.807, 2.05) is 0 Å². The summed E-state index contributed by atoms with van der Waals surface area (Å²) in [5.74, 6) is -1.24. The topological polar surface area (TPSA) is 72.9 Å². The van der Waals surface area contributed by atoms with Gasteiger partial charge in [-0.25, -0.2) is 9.69 Å². The number of amides is 2. The van der Waals surface area contributed by atoms with Gasteiger partial charge in [0.15, 0.2) is 0 Å². The zero-order valence-corrected chi connectivity index (χ0v) is 15.4. The van der Waals surface area contributed by atoms with E-state index in [0.29, 0.717) is 6.42 Å². The molecular weight excluding hydrogens is 310 g/mol. The van der Waals surface area contributed by atoms with Gasteiger partial charge in [-0.05, 0) is 27.2 Å². The van der Waals surface area contributed by atoms with E-state index in [9.17, 15) is 14.4 Å². The second kappa shape index (κ2) is 9.64. The fourth-order valence-corrected chi connectivity index (χ4v) is 2.71. The first kappa shape index (κ1) is 20.5. The quantitative estimate of drug-likeness (QED) is 0.472. The molecule has 0 saturated carbocycles. The Bertz CT molecular complexity index is 441. The minimum absolute atomic E-state index is 0.00760. The van der Waals surface area contributed by atoms with Crippen LogP contribution < -0.4 is 0 Å². The first-order chi connectivity index (χ1) is 11.2. The highest BCUT2D eigenvalue weighted by atomic mass is 16.6. The van der Waals surface area contributed by atoms with Crippen LogP contribution in [0.25, 0.3) is 0 Å². The number of unbranched alkanes of at least 4 members (excludes halogenated alkanes) is 4. The average Bonchev–Trinajstić information content (AvgIpc) is 2.89. The van der Waals surface area contributed by atoms with Gasteiger partial charge in [-0.15, -0.1) is 0 Å². The predicted octanol–water partition coefficient (Wildman–Crippen LogP) is 3.67. The minimum atomic E-state index is -0.611. The third kappa shape index (κ3) is 7.32. The summed E-state index contributed by atoms with van der Waals surface area (Å²) in [6.07, 6.45) is 5.32. The molecule has 1 fully saturated rings. The van der Waals surface area contributed by atoms with E-state index < -0.39 is 23.6 Å². The summed E-state index contributed by atoms with van der Waals surface area (Å²) in [7, 11) is 0. The normalized spacial score (nSPS) is 16.0. The van der Waals surface area contributed by atoms with Gasteiger partial charge in [-0.3, -0.25) is 9.59 Å². The van der Waals surface area contributed by atoms with Gasteiger partial charge in [0.2, 0.25) is 5.91 Å². The van der Waals surface area contributed by atoms with Crippen LogP contribution in [-0.4, -0.2) is 41.6 Å². The molecule has 138 valence electrons. The Labute approximate surface area is 144 Å². The van der Waals surface area contributed by atoms with Crippen LogP contribution in [0, 0.1) is 5.92 Å². The van der Waals surface area contributed by atoms with E-state index in [4.69, 9.17) is 9.47 Å². The van der Waals surface area contributed by atoms with Crippen molar-refractivity contribution in [2.75, 3.05) is 13.2 Å². The predicted molar refractivity (Wildman–Crippen MR) is 90.4 cm³/mol. The van der Waals surface area contributed by atoms with Gasteiger partial charge in [0.1, 0.15) is 12.2 Å². The highest BCUT2D eigenvalue weighted by Gasteiger charge is 2.35. The average molecular weight is 341 g/mol. The Hall–Kier alpha value is -1.59. The van der Waals surface area contributed by atoms with Crippen molar-refractivity contribution < 1.29 is 23.9 Å². The lowest BCUT2D eigenvalue weighted by Crippen LogP contribution is -2.38. The van der Waals surface area contributed by atoms with Crippen molar-refractivity contribution in [1.29, 1.82) is 0 Å². The Morgan fingerprint density at radius 2 is 1.88 bits per heavy atom. The number of rotatable bonds is 9. The fraction of sp³-hybridized carbons (Fsp3) is 0.833. The van der Waals surface area contributed by atoms with E-state index in [-0.39, 0.29) is 25.5 Å². The molecule has 0 bridgehead atoms. The molecule has 1 atom stereocenters.